The van der Waals surface area contributed by atoms with Gasteiger partial charge in [-0.1, -0.05) is 11.6 Å². The van der Waals surface area contributed by atoms with Gasteiger partial charge in [0.05, 0.1) is 15.3 Å². The highest BCUT2D eigenvalue weighted by Gasteiger charge is 2.07. The van der Waals surface area contributed by atoms with Gasteiger partial charge >= 0.3 is 0 Å². The molecular formula is C9H5ClN2S. The van der Waals surface area contributed by atoms with E-state index >= 15 is 0 Å². The van der Waals surface area contributed by atoms with Gasteiger partial charge in [0.2, 0.25) is 0 Å². The summed E-state index contributed by atoms with van der Waals surface area (Å²) in [5.41, 5.74) is 6.79. The Morgan fingerprint density at radius 3 is 2.92 bits per heavy atom. The summed E-state index contributed by atoms with van der Waals surface area (Å²) < 4.78 is 0.904. The maximum Gasteiger partial charge on any atom is 0.101 e. The summed E-state index contributed by atoms with van der Waals surface area (Å²) >= 11 is 7.38. The molecule has 2 rings (SSSR count). The average molecular weight is 209 g/mol. The van der Waals surface area contributed by atoms with E-state index in [-0.39, 0.29) is 0 Å². The number of anilines is 1. The second-order valence-corrected chi connectivity index (χ2v) is 3.93. The predicted molar refractivity (Wildman–Crippen MR) is 56.0 cm³/mol. The highest BCUT2D eigenvalue weighted by molar-refractivity contribution is 7.18. The molecule has 0 atom stereocenters. The molecule has 1 aromatic heterocycles. The number of nitriles is 1. The molecular weight excluding hydrogens is 204 g/mol. The molecule has 0 radical (unpaired) electrons. The summed E-state index contributed by atoms with van der Waals surface area (Å²) in [4.78, 5) is 0. The summed E-state index contributed by atoms with van der Waals surface area (Å²) in [7, 11) is 0. The zero-order chi connectivity index (χ0) is 9.42. The second kappa shape index (κ2) is 2.91. The number of rotatable bonds is 0. The van der Waals surface area contributed by atoms with Crippen molar-refractivity contribution in [2.24, 2.45) is 0 Å². The first-order chi connectivity index (χ1) is 6.22. The van der Waals surface area contributed by atoms with Crippen molar-refractivity contribution >= 4 is 38.7 Å². The van der Waals surface area contributed by atoms with Crippen LogP contribution in [0.25, 0.3) is 10.1 Å². The lowest BCUT2D eigenvalue weighted by molar-refractivity contribution is 1.51. The van der Waals surface area contributed by atoms with E-state index in [1.807, 2.05) is 5.38 Å². The minimum absolute atomic E-state index is 0.573. The monoisotopic (exact) mass is 208 g/mol. The third-order valence-corrected chi connectivity index (χ3v) is 3.24. The van der Waals surface area contributed by atoms with Crippen molar-refractivity contribution in [2.45, 2.75) is 0 Å². The minimum atomic E-state index is 0.573. The number of nitrogen functional groups attached to an aromatic ring is 1. The molecule has 0 fully saturated rings. The zero-order valence-electron chi connectivity index (χ0n) is 6.54. The van der Waals surface area contributed by atoms with Crippen LogP contribution in [0.2, 0.25) is 5.02 Å². The van der Waals surface area contributed by atoms with E-state index in [4.69, 9.17) is 22.6 Å². The molecule has 1 aromatic carbocycles. The molecule has 64 valence electrons. The van der Waals surface area contributed by atoms with Gasteiger partial charge in [-0.05, 0) is 12.1 Å². The van der Waals surface area contributed by atoms with Crippen LogP contribution in [0.15, 0.2) is 17.5 Å². The van der Waals surface area contributed by atoms with E-state index in [0.29, 0.717) is 16.3 Å². The molecule has 1 heterocycles. The van der Waals surface area contributed by atoms with Crippen LogP contribution in [0.1, 0.15) is 5.56 Å². The molecule has 0 aliphatic carbocycles. The van der Waals surface area contributed by atoms with Crippen LogP contribution in [-0.2, 0) is 0 Å². The highest BCUT2D eigenvalue weighted by Crippen LogP contribution is 2.33. The number of nitrogens with two attached hydrogens (primary N) is 1. The van der Waals surface area contributed by atoms with Crippen molar-refractivity contribution in [1.82, 2.24) is 0 Å². The quantitative estimate of drug-likeness (QED) is 0.677. The van der Waals surface area contributed by atoms with Gasteiger partial charge in [-0.3, -0.25) is 0 Å². The summed E-state index contributed by atoms with van der Waals surface area (Å²) in [6, 6.07) is 5.54. The fourth-order valence-corrected chi connectivity index (χ4v) is 2.43. The molecule has 0 bridgehead atoms. The Bertz CT molecular complexity index is 510. The van der Waals surface area contributed by atoms with E-state index in [1.54, 1.807) is 12.1 Å². The van der Waals surface area contributed by atoms with Gasteiger partial charge < -0.3 is 5.73 Å². The maximum atomic E-state index is 8.83. The molecule has 0 spiro atoms. The van der Waals surface area contributed by atoms with E-state index in [9.17, 15) is 0 Å². The maximum absolute atomic E-state index is 8.83. The van der Waals surface area contributed by atoms with Gasteiger partial charge in [-0.15, -0.1) is 11.3 Å². The first kappa shape index (κ1) is 8.36. The van der Waals surface area contributed by atoms with Gasteiger partial charge in [0.15, 0.2) is 0 Å². The number of fused-ring (bicyclic) bond motifs is 1. The first-order valence-corrected chi connectivity index (χ1v) is 4.84. The number of hydrogen-bond acceptors (Lipinski definition) is 3. The summed E-state index contributed by atoms with van der Waals surface area (Å²) in [6.07, 6.45) is 0. The molecule has 0 aliphatic rings. The Morgan fingerprint density at radius 2 is 2.23 bits per heavy atom. The van der Waals surface area contributed by atoms with Gasteiger partial charge in [0.25, 0.3) is 0 Å². The van der Waals surface area contributed by atoms with Crippen molar-refractivity contribution in [3.05, 3.63) is 28.1 Å². The lowest BCUT2D eigenvalue weighted by Gasteiger charge is -1.96. The molecule has 0 aliphatic heterocycles. The van der Waals surface area contributed by atoms with E-state index < -0.39 is 0 Å². The van der Waals surface area contributed by atoms with E-state index in [2.05, 4.69) is 6.07 Å². The fraction of sp³-hybridized carbons (Fsp3) is 0. The van der Waals surface area contributed by atoms with Crippen molar-refractivity contribution in [1.29, 1.82) is 5.26 Å². The molecule has 13 heavy (non-hydrogen) atoms. The molecule has 0 amide bonds. The van der Waals surface area contributed by atoms with Crippen molar-refractivity contribution < 1.29 is 0 Å². The molecule has 0 unspecified atom stereocenters. The normalized spacial score (nSPS) is 10.2. The van der Waals surface area contributed by atoms with Gasteiger partial charge in [0, 0.05) is 16.5 Å². The molecule has 2 nitrogen and oxygen atoms in total. The largest absolute Gasteiger partial charge is 0.399 e. The number of nitrogens with zero attached hydrogens (tertiary/aromatic N) is 1. The van der Waals surface area contributed by atoms with Crippen LogP contribution >= 0.6 is 22.9 Å². The van der Waals surface area contributed by atoms with Crippen molar-refractivity contribution in [2.75, 3.05) is 5.73 Å². The molecule has 0 saturated carbocycles. The fourth-order valence-electron chi connectivity index (χ4n) is 1.21. The van der Waals surface area contributed by atoms with Crippen LogP contribution in [0.5, 0.6) is 0 Å². The van der Waals surface area contributed by atoms with Crippen LogP contribution in [-0.4, -0.2) is 0 Å². The van der Waals surface area contributed by atoms with Crippen LogP contribution in [0.3, 0.4) is 0 Å². The third-order valence-electron chi connectivity index (χ3n) is 1.77. The molecule has 4 heteroatoms. The third kappa shape index (κ3) is 1.24. The van der Waals surface area contributed by atoms with Crippen LogP contribution < -0.4 is 5.73 Å². The SMILES string of the molecule is N#Cc1cc(N)cc2c(Cl)csc12. The van der Waals surface area contributed by atoms with Gasteiger partial charge in [-0.25, -0.2) is 0 Å². The number of benzene rings is 1. The lowest BCUT2D eigenvalue weighted by atomic mass is 10.1. The minimum Gasteiger partial charge on any atom is -0.399 e. The molecule has 2 aromatic rings. The standard InChI is InChI=1S/C9H5ClN2S/c10-8-4-13-9-5(3-11)1-6(12)2-7(8)9/h1-2,4H,12H2. The van der Waals surface area contributed by atoms with Crippen LogP contribution in [0.4, 0.5) is 5.69 Å². The predicted octanol–water partition coefficient (Wildman–Crippen LogP) is 3.01. The molecule has 2 N–H and O–H groups in total. The van der Waals surface area contributed by atoms with Gasteiger partial charge in [0.1, 0.15) is 6.07 Å². The summed E-state index contributed by atoms with van der Waals surface area (Å²) in [5.74, 6) is 0. The number of thiophene rings is 1. The number of halogens is 1. The second-order valence-electron chi connectivity index (χ2n) is 2.64. The Hall–Kier alpha value is -1.24. The Kier molecular flexibility index (Phi) is 1.87. The number of hydrogen-bond donors (Lipinski definition) is 1. The zero-order valence-corrected chi connectivity index (χ0v) is 8.12. The Morgan fingerprint density at radius 1 is 1.46 bits per heavy atom. The topological polar surface area (TPSA) is 49.8 Å². The smallest absolute Gasteiger partial charge is 0.101 e. The lowest BCUT2D eigenvalue weighted by Crippen LogP contribution is -1.85. The average Bonchev–Trinajstić information content (AvgIpc) is 2.47. The van der Waals surface area contributed by atoms with Crippen molar-refractivity contribution in [3.8, 4) is 6.07 Å². The summed E-state index contributed by atoms with van der Waals surface area (Å²) in [6.45, 7) is 0. The van der Waals surface area contributed by atoms with E-state index in [0.717, 1.165) is 10.1 Å². The summed E-state index contributed by atoms with van der Waals surface area (Å²) in [5, 5.41) is 12.2. The van der Waals surface area contributed by atoms with Crippen LogP contribution in [0, 0.1) is 11.3 Å². The highest BCUT2D eigenvalue weighted by atomic mass is 35.5. The Labute approximate surface area is 84.2 Å². The molecule has 0 saturated heterocycles. The Balaban J connectivity index is 2.94. The first-order valence-electron chi connectivity index (χ1n) is 3.58. The van der Waals surface area contributed by atoms with Crippen molar-refractivity contribution in [3.63, 3.8) is 0 Å². The van der Waals surface area contributed by atoms with Gasteiger partial charge in [-0.2, -0.15) is 5.26 Å². The van der Waals surface area contributed by atoms with E-state index in [1.165, 1.54) is 11.3 Å².